The van der Waals surface area contributed by atoms with E-state index in [9.17, 15) is 9.59 Å². The van der Waals surface area contributed by atoms with Crippen LogP contribution < -0.4 is 10.1 Å². The Morgan fingerprint density at radius 1 is 1.08 bits per heavy atom. The fourth-order valence-electron chi connectivity index (χ4n) is 2.52. The van der Waals surface area contributed by atoms with Gasteiger partial charge in [-0.2, -0.15) is 0 Å². The van der Waals surface area contributed by atoms with Gasteiger partial charge in [0.25, 0.3) is 5.91 Å². The molecule has 4 nitrogen and oxygen atoms in total. The third-order valence-corrected chi connectivity index (χ3v) is 3.90. The summed E-state index contributed by atoms with van der Waals surface area (Å²) in [5.74, 6) is 0.479. The monoisotopic (exact) mass is 325 g/mol. The largest absolute Gasteiger partial charge is 0.484 e. The Balaban J connectivity index is 1.87. The Morgan fingerprint density at radius 2 is 1.75 bits per heavy atom. The van der Waals surface area contributed by atoms with Gasteiger partial charge in [0.05, 0.1) is 6.04 Å². The molecule has 0 spiro atoms. The van der Waals surface area contributed by atoms with Crippen molar-refractivity contribution in [3.05, 3.63) is 65.2 Å². The van der Waals surface area contributed by atoms with E-state index in [0.29, 0.717) is 17.7 Å². The molecule has 0 aliphatic carbocycles. The van der Waals surface area contributed by atoms with Crippen LogP contribution in [0.25, 0.3) is 0 Å². The normalized spacial score (nSPS) is 11.6. The number of Topliss-reactive ketones (excluding diaryl/α,β-unsaturated/α-hetero) is 1. The lowest BCUT2D eigenvalue weighted by Crippen LogP contribution is -2.31. The van der Waals surface area contributed by atoms with Gasteiger partial charge in [0.2, 0.25) is 0 Å². The zero-order chi connectivity index (χ0) is 17.5. The summed E-state index contributed by atoms with van der Waals surface area (Å²) in [5.41, 5.74) is 2.89. The molecule has 1 unspecified atom stereocenters. The van der Waals surface area contributed by atoms with E-state index in [1.807, 2.05) is 45.0 Å². The summed E-state index contributed by atoms with van der Waals surface area (Å²) in [6.07, 6.45) is 0.472. The second-order valence-electron chi connectivity index (χ2n) is 5.74. The Morgan fingerprint density at radius 3 is 2.38 bits per heavy atom. The lowest BCUT2D eigenvalue weighted by atomic mass is 10.0. The maximum atomic E-state index is 12.0. The lowest BCUT2D eigenvalue weighted by Gasteiger charge is -2.16. The van der Waals surface area contributed by atoms with Gasteiger partial charge in [-0.15, -0.1) is 0 Å². The van der Waals surface area contributed by atoms with Gasteiger partial charge < -0.3 is 10.1 Å². The molecule has 24 heavy (non-hydrogen) atoms. The molecule has 0 heterocycles. The van der Waals surface area contributed by atoms with Crippen molar-refractivity contribution in [1.29, 1.82) is 0 Å². The number of rotatable bonds is 7. The topological polar surface area (TPSA) is 55.4 Å². The van der Waals surface area contributed by atoms with Crippen LogP contribution in [0.1, 0.15) is 47.8 Å². The molecule has 126 valence electrons. The van der Waals surface area contributed by atoms with Crippen LogP contribution in [0.5, 0.6) is 5.75 Å². The Hall–Kier alpha value is -2.62. The van der Waals surface area contributed by atoms with Gasteiger partial charge in [-0.3, -0.25) is 9.59 Å². The molecule has 0 bridgehead atoms. The third kappa shape index (κ3) is 4.69. The van der Waals surface area contributed by atoms with Crippen molar-refractivity contribution in [2.75, 3.05) is 6.61 Å². The van der Waals surface area contributed by atoms with Crippen LogP contribution in [0, 0.1) is 6.92 Å². The number of hydrogen-bond acceptors (Lipinski definition) is 3. The minimum Gasteiger partial charge on any atom is -0.484 e. The van der Waals surface area contributed by atoms with E-state index in [2.05, 4.69) is 5.32 Å². The highest BCUT2D eigenvalue weighted by atomic mass is 16.5. The number of nitrogens with one attached hydrogen (secondary N) is 1. The molecular formula is C20H23NO3. The second-order valence-corrected chi connectivity index (χ2v) is 5.74. The van der Waals surface area contributed by atoms with Crippen LogP contribution >= 0.6 is 0 Å². The summed E-state index contributed by atoms with van der Waals surface area (Å²) in [7, 11) is 0. The van der Waals surface area contributed by atoms with Gasteiger partial charge in [-0.05, 0) is 49.2 Å². The van der Waals surface area contributed by atoms with E-state index in [-0.39, 0.29) is 24.3 Å². The average Bonchev–Trinajstić information content (AvgIpc) is 2.60. The first-order chi connectivity index (χ1) is 11.5. The molecule has 0 radical (unpaired) electrons. The van der Waals surface area contributed by atoms with Crippen molar-refractivity contribution < 1.29 is 14.3 Å². The zero-order valence-corrected chi connectivity index (χ0v) is 14.3. The smallest absolute Gasteiger partial charge is 0.258 e. The van der Waals surface area contributed by atoms with Crippen LogP contribution in [-0.4, -0.2) is 18.3 Å². The van der Waals surface area contributed by atoms with Crippen molar-refractivity contribution in [2.24, 2.45) is 0 Å². The highest BCUT2D eigenvalue weighted by Crippen LogP contribution is 2.17. The number of ketones is 1. The number of carbonyl (C=O) groups is 2. The Labute approximate surface area is 142 Å². The van der Waals surface area contributed by atoms with E-state index in [1.165, 1.54) is 0 Å². The first-order valence-electron chi connectivity index (χ1n) is 8.12. The first kappa shape index (κ1) is 17.7. The van der Waals surface area contributed by atoms with Crippen LogP contribution in [0.3, 0.4) is 0 Å². The van der Waals surface area contributed by atoms with Crippen molar-refractivity contribution in [2.45, 2.75) is 33.2 Å². The minimum absolute atomic E-state index is 0.0582. The van der Waals surface area contributed by atoms with E-state index in [4.69, 9.17) is 4.74 Å². The van der Waals surface area contributed by atoms with E-state index in [0.717, 1.165) is 11.1 Å². The maximum Gasteiger partial charge on any atom is 0.258 e. The van der Waals surface area contributed by atoms with Crippen LogP contribution in [0.2, 0.25) is 0 Å². The molecule has 2 aromatic carbocycles. The third-order valence-electron chi connectivity index (χ3n) is 3.90. The van der Waals surface area contributed by atoms with Gasteiger partial charge in [-0.25, -0.2) is 0 Å². The number of ether oxygens (including phenoxy) is 1. The number of benzene rings is 2. The molecule has 0 fully saturated rings. The molecule has 1 amide bonds. The molecule has 1 N–H and O–H groups in total. The van der Waals surface area contributed by atoms with Crippen LogP contribution in [0.4, 0.5) is 0 Å². The van der Waals surface area contributed by atoms with Gasteiger partial charge in [0.1, 0.15) is 5.75 Å². The molecule has 1 atom stereocenters. The van der Waals surface area contributed by atoms with E-state index >= 15 is 0 Å². The number of amides is 1. The van der Waals surface area contributed by atoms with Crippen LogP contribution in [0.15, 0.2) is 48.5 Å². The quantitative estimate of drug-likeness (QED) is 0.787. The highest BCUT2D eigenvalue weighted by Gasteiger charge is 2.12. The number of carbonyl (C=O) groups excluding carboxylic acids is 2. The summed E-state index contributed by atoms with van der Waals surface area (Å²) in [6.45, 7) is 5.74. The Kier molecular flexibility index (Phi) is 6.13. The Bertz CT molecular complexity index is 707. The molecule has 0 saturated heterocycles. The van der Waals surface area contributed by atoms with Crippen molar-refractivity contribution in [1.82, 2.24) is 5.32 Å². The summed E-state index contributed by atoms with van der Waals surface area (Å²) < 4.78 is 5.48. The van der Waals surface area contributed by atoms with Gasteiger partial charge >= 0.3 is 0 Å². The van der Waals surface area contributed by atoms with Crippen LogP contribution in [-0.2, 0) is 4.79 Å². The molecule has 4 heteroatoms. The van der Waals surface area contributed by atoms with Gasteiger partial charge in [-0.1, -0.05) is 31.2 Å². The molecule has 2 rings (SSSR count). The number of hydrogen-bond donors (Lipinski definition) is 1. The van der Waals surface area contributed by atoms with E-state index in [1.54, 1.807) is 24.3 Å². The standard InChI is InChI=1S/C20H23NO3/c1-4-19(22)16-9-11-17(12-10-16)24-13-20(23)21-15(3)18-8-6-5-7-14(18)2/h5-12,15H,4,13H2,1-3H3,(H,21,23). The molecule has 0 aliphatic heterocycles. The van der Waals surface area contributed by atoms with Crippen molar-refractivity contribution >= 4 is 11.7 Å². The lowest BCUT2D eigenvalue weighted by molar-refractivity contribution is -0.123. The van der Waals surface area contributed by atoms with Crippen molar-refractivity contribution in [3.63, 3.8) is 0 Å². The van der Waals surface area contributed by atoms with E-state index < -0.39 is 0 Å². The molecular weight excluding hydrogens is 302 g/mol. The molecule has 0 aromatic heterocycles. The number of aryl methyl sites for hydroxylation is 1. The second kappa shape index (κ2) is 8.29. The highest BCUT2D eigenvalue weighted by molar-refractivity contribution is 5.95. The first-order valence-corrected chi connectivity index (χ1v) is 8.12. The average molecular weight is 325 g/mol. The summed E-state index contributed by atoms with van der Waals surface area (Å²) in [5, 5.41) is 2.93. The predicted octanol–water partition coefficient (Wildman–Crippen LogP) is 3.84. The predicted molar refractivity (Wildman–Crippen MR) is 94.3 cm³/mol. The van der Waals surface area contributed by atoms with Gasteiger partial charge in [0.15, 0.2) is 12.4 Å². The molecule has 0 saturated carbocycles. The van der Waals surface area contributed by atoms with Gasteiger partial charge in [0, 0.05) is 12.0 Å². The van der Waals surface area contributed by atoms with Crippen molar-refractivity contribution in [3.8, 4) is 5.75 Å². The zero-order valence-electron chi connectivity index (χ0n) is 14.3. The fraction of sp³-hybridized carbons (Fsp3) is 0.300. The molecule has 0 aliphatic rings. The fourth-order valence-corrected chi connectivity index (χ4v) is 2.52. The summed E-state index contributed by atoms with van der Waals surface area (Å²) in [6, 6.07) is 14.7. The SMILES string of the molecule is CCC(=O)c1ccc(OCC(=O)NC(C)c2ccccc2C)cc1. The molecule has 2 aromatic rings. The summed E-state index contributed by atoms with van der Waals surface area (Å²) >= 11 is 0. The summed E-state index contributed by atoms with van der Waals surface area (Å²) in [4.78, 5) is 23.6. The maximum absolute atomic E-state index is 12.0. The minimum atomic E-state index is -0.181.